The standard InChI is InChI=1S/C17H26BIN2O4/c19-21-14(8-7-13-5-1-2-6-15(13)21)9-11-17(20,16(22)23)10-3-4-12-18(24)25/h1-2,5-6,14,24-25H,3-4,7-12,20H2,(H,22,23). The Kier molecular flexibility index (Phi) is 7.54. The van der Waals surface area contributed by atoms with E-state index in [9.17, 15) is 9.90 Å². The molecular formula is C17H26BIN2O4. The van der Waals surface area contributed by atoms with Crippen LogP contribution in [0.25, 0.3) is 0 Å². The number of carboxylic acids is 1. The molecule has 1 aromatic carbocycles. The van der Waals surface area contributed by atoms with Crippen LogP contribution in [0, 0.1) is 0 Å². The monoisotopic (exact) mass is 460 g/mol. The third kappa shape index (κ3) is 5.57. The Morgan fingerprint density at radius 1 is 1.32 bits per heavy atom. The zero-order chi connectivity index (χ0) is 18.4. The number of halogens is 1. The molecule has 0 saturated heterocycles. The summed E-state index contributed by atoms with van der Waals surface area (Å²) in [5, 5.41) is 27.3. The van der Waals surface area contributed by atoms with E-state index in [1.807, 2.05) is 12.1 Å². The summed E-state index contributed by atoms with van der Waals surface area (Å²) >= 11 is 2.31. The smallest absolute Gasteiger partial charge is 0.451 e. The number of fused-ring (bicyclic) bond motifs is 1. The first-order valence-electron chi connectivity index (χ1n) is 8.75. The normalized spacial score (nSPS) is 19.2. The molecule has 8 heteroatoms. The molecule has 2 rings (SSSR count). The third-order valence-electron chi connectivity index (χ3n) is 4.97. The first kappa shape index (κ1) is 20.5. The summed E-state index contributed by atoms with van der Waals surface area (Å²) in [5.41, 5.74) is 7.44. The number of carboxylic acid groups (broad SMARTS) is 1. The molecule has 0 aliphatic carbocycles. The molecule has 1 aliphatic heterocycles. The summed E-state index contributed by atoms with van der Waals surface area (Å²) in [6.07, 6.45) is 4.85. The van der Waals surface area contributed by atoms with Crippen LogP contribution in [0.15, 0.2) is 24.3 Å². The Hall–Kier alpha value is -0.835. The van der Waals surface area contributed by atoms with Gasteiger partial charge in [-0.1, -0.05) is 31.0 Å². The van der Waals surface area contributed by atoms with E-state index in [1.54, 1.807) is 0 Å². The number of hydrogen-bond donors (Lipinski definition) is 4. The lowest BCUT2D eigenvalue weighted by Crippen LogP contribution is -2.49. The molecule has 0 fully saturated rings. The van der Waals surface area contributed by atoms with E-state index in [4.69, 9.17) is 15.8 Å². The zero-order valence-corrected chi connectivity index (χ0v) is 16.4. The summed E-state index contributed by atoms with van der Waals surface area (Å²) in [5.74, 6) is -0.978. The molecular weight excluding hydrogens is 434 g/mol. The minimum atomic E-state index is -1.34. The highest BCUT2D eigenvalue weighted by Crippen LogP contribution is 2.36. The molecule has 25 heavy (non-hydrogen) atoms. The highest BCUT2D eigenvalue weighted by Gasteiger charge is 2.35. The van der Waals surface area contributed by atoms with Crippen molar-refractivity contribution in [1.82, 2.24) is 0 Å². The van der Waals surface area contributed by atoms with Crippen LogP contribution in [0.4, 0.5) is 5.69 Å². The van der Waals surface area contributed by atoms with Crippen molar-refractivity contribution in [2.75, 3.05) is 3.11 Å². The molecule has 1 aromatic rings. The van der Waals surface area contributed by atoms with E-state index in [0.717, 1.165) is 19.3 Å². The van der Waals surface area contributed by atoms with Gasteiger partial charge in [0.15, 0.2) is 0 Å². The minimum absolute atomic E-state index is 0.247. The molecule has 5 N–H and O–H groups in total. The van der Waals surface area contributed by atoms with Crippen LogP contribution in [0.1, 0.15) is 44.1 Å². The van der Waals surface area contributed by atoms with Crippen molar-refractivity contribution in [1.29, 1.82) is 0 Å². The topological polar surface area (TPSA) is 107 Å². The van der Waals surface area contributed by atoms with Crippen LogP contribution >= 0.6 is 22.9 Å². The van der Waals surface area contributed by atoms with Gasteiger partial charge in [-0.3, -0.25) is 4.79 Å². The molecule has 2 unspecified atom stereocenters. The summed E-state index contributed by atoms with van der Waals surface area (Å²) in [4.78, 5) is 11.7. The Morgan fingerprint density at radius 3 is 2.72 bits per heavy atom. The quantitative estimate of drug-likeness (QED) is 0.195. The molecule has 0 amide bonds. The number of aryl methyl sites for hydroxylation is 1. The average Bonchev–Trinajstić information content (AvgIpc) is 2.58. The number of hydrogen-bond acceptors (Lipinski definition) is 5. The fraction of sp³-hybridized carbons (Fsp3) is 0.588. The van der Waals surface area contributed by atoms with Crippen molar-refractivity contribution in [3.05, 3.63) is 29.8 Å². The van der Waals surface area contributed by atoms with Gasteiger partial charge in [-0.15, -0.1) is 0 Å². The number of rotatable bonds is 9. The van der Waals surface area contributed by atoms with Crippen molar-refractivity contribution in [3.63, 3.8) is 0 Å². The summed E-state index contributed by atoms with van der Waals surface area (Å²) in [6, 6.07) is 8.57. The Balaban J connectivity index is 1.91. The summed E-state index contributed by atoms with van der Waals surface area (Å²) < 4.78 is 2.21. The molecule has 6 nitrogen and oxygen atoms in total. The second-order valence-corrected chi connectivity index (χ2v) is 7.90. The van der Waals surface area contributed by atoms with Crippen LogP contribution < -0.4 is 8.85 Å². The lowest BCUT2D eigenvalue weighted by molar-refractivity contribution is -0.144. The SMILES string of the molecule is NC(CCCCB(O)O)(CCC1CCc2ccccc2N1I)C(=O)O. The number of benzene rings is 1. The number of nitrogens with zero attached hydrogens (tertiary/aromatic N) is 1. The Labute approximate surface area is 163 Å². The molecule has 1 heterocycles. The van der Waals surface area contributed by atoms with E-state index in [2.05, 4.69) is 38.1 Å². The number of carbonyl (C=O) groups is 1. The second-order valence-electron chi connectivity index (χ2n) is 6.86. The van der Waals surface area contributed by atoms with Gasteiger partial charge in [-0.05, 0) is 50.1 Å². The molecule has 138 valence electrons. The van der Waals surface area contributed by atoms with Crippen molar-refractivity contribution >= 4 is 41.6 Å². The highest BCUT2D eigenvalue weighted by molar-refractivity contribution is 14.1. The van der Waals surface area contributed by atoms with Crippen LogP contribution in [-0.4, -0.2) is 39.8 Å². The minimum Gasteiger partial charge on any atom is -0.480 e. The van der Waals surface area contributed by atoms with Crippen molar-refractivity contribution in [2.24, 2.45) is 5.73 Å². The maximum absolute atomic E-state index is 11.7. The first-order chi connectivity index (χ1) is 11.8. The van der Waals surface area contributed by atoms with E-state index < -0.39 is 18.6 Å². The molecule has 0 bridgehead atoms. The van der Waals surface area contributed by atoms with Gasteiger partial charge >= 0.3 is 13.1 Å². The largest absolute Gasteiger partial charge is 0.480 e. The highest BCUT2D eigenvalue weighted by atomic mass is 127. The molecule has 1 aliphatic rings. The number of para-hydroxylation sites is 1. The number of unbranched alkanes of at least 4 members (excludes halogenated alkanes) is 1. The van der Waals surface area contributed by atoms with Crippen LogP contribution in [0.2, 0.25) is 6.32 Å². The van der Waals surface area contributed by atoms with Crippen LogP contribution in [0.3, 0.4) is 0 Å². The average molecular weight is 460 g/mol. The second kappa shape index (κ2) is 9.20. The zero-order valence-electron chi connectivity index (χ0n) is 14.3. The van der Waals surface area contributed by atoms with E-state index >= 15 is 0 Å². The van der Waals surface area contributed by atoms with Gasteiger partial charge in [0.25, 0.3) is 0 Å². The molecule has 0 aromatic heterocycles. The molecule has 0 radical (unpaired) electrons. The van der Waals surface area contributed by atoms with Crippen molar-refractivity contribution < 1.29 is 19.9 Å². The lowest BCUT2D eigenvalue weighted by atomic mass is 9.80. The number of nitrogens with two attached hydrogens (primary N) is 1. The van der Waals surface area contributed by atoms with Crippen LogP contribution in [-0.2, 0) is 11.2 Å². The Morgan fingerprint density at radius 2 is 2.04 bits per heavy atom. The van der Waals surface area contributed by atoms with E-state index in [1.165, 1.54) is 11.3 Å². The lowest BCUT2D eigenvalue weighted by Gasteiger charge is -2.36. The number of aliphatic carboxylic acids is 1. The summed E-state index contributed by atoms with van der Waals surface area (Å²) in [6.45, 7) is 0. The van der Waals surface area contributed by atoms with Crippen LogP contribution in [0.5, 0.6) is 0 Å². The third-order valence-corrected chi connectivity index (χ3v) is 6.28. The Bertz CT molecular complexity index is 590. The van der Waals surface area contributed by atoms with E-state index in [0.29, 0.717) is 25.7 Å². The van der Waals surface area contributed by atoms with Gasteiger partial charge in [-0.2, -0.15) is 0 Å². The van der Waals surface area contributed by atoms with Gasteiger partial charge in [0.1, 0.15) is 5.54 Å². The molecule has 0 saturated carbocycles. The molecule has 2 atom stereocenters. The van der Waals surface area contributed by atoms with Gasteiger partial charge in [-0.25, -0.2) is 0 Å². The predicted molar refractivity (Wildman–Crippen MR) is 108 cm³/mol. The number of anilines is 1. The fourth-order valence-corrected chi connectivity index (χ4v) is 4.38. The molecule has 0 spiro atoms. The summed E-state index contributed by atoms with van der Waals surface area (Å²) in [7, 11) is -1.34. The fourth-order valence-electron chi connectivity index (χ4n) is 3.35. The first-order valence-corrected chi connectivity index (χ1v) is 9.71. The van der Waals surface area contributed by atoms with Crippen molar-refractivity contribution in [2.45, 2.75) is 62.8 Å². The van der Waals surface area contributed by atoms with Gasteiger partial charge in [0.2, 0.25) is 0 Å². The van der Waals surface area contributed by atoms with Gasteiger partial charge in [0, 0.05) is 11.7 Å². The van der Waals surface area contributed by atoms with Crippen molar-refractivity contribution in [3.8, 4) is 0 Å². The van der Waals surface area contributed by atoms with Gasteiger partial charge < -0.3 is 24.0 Å². The maximum atomic E-state index is 11.7. The predicted octanol–water partition coefficient (Wildman–Crippen LogP) is 2.36. The van der Waals surface area contributed by atoms with E-state index in [-0.39, 0.29) is 12.4 Å². The van der Waals surface area contributed by atoms with Gasteiger partial charge in [0.05, 0.1) is 22.9 Å². The maximum Gasteiger partial charge on any atom is 0.451 e.